The third kappa shape index (κ3) is 4.66. The maximum Gasteiger partial charge on any atom is 0.410 e. The van der Waals surface area contributed by atoms with Crippen LogP contribution in [0.5, 0.6) is 0 Å². The maximum atomic E-state index is 13.0. The van der Waals surface area contributed by atoms with Crippen molar-refractivity contribution in [1.29, 1.82) is 0 Å². The first-order chi connectivity index (χ1) is 12.9. The lowest BCUT2D eigenvalue weighted by Gasteiger charge is -2.32. The molecule has 3 aliphatic rings. The van der Waals surface area contributed by atoms with Crippen molar-refractivity contribution < 1.29 is 9.53 Å². The van der Waals surface area contributed by atoms with Crippen molar-refractivity contribution >= 4 is 6.09 Å². The van der Waals surface area contributed by atoms with Crippen molar-refractivity contribution in [1.82, 2.24) is 9.80 Å². The molecule has 4 nitrogen and oxygen atoms in total. The molecule has 1 aliphatic heterocycles. The summed E-state index contributed by atoms with van der Waals surface area (Å²) in [5.41, 5.74) is 1.20. The molecule has 1 saturated heterocycles. The average Bonchev–Trinajstić information content (AvgIpc) is 3.50. The van der Waals surface area contributed by atoms with E-state index in [2.05, 4.69) is 40.1 Å². The molecular formula is C23H34N2O2. The molecule has 0 bridgehead atoms. The van der Waals surface area contributed by atoms with Crippen molar-refractivity contribution in [2.24, 2.45) is 5.41 Å². The molecular weight excluding hydrogens is 336 g/mol. The monoisotopic (exact) mass is 370 g/mol. The highest BCUT2D eigenvalue weighted by Gasteiger charge is 2.52. The van der Waals surface area contributed by atoms with Crippen molar-refractivity contribution in [2.75, 3.05) is 26.2 Å². The number of amides is 1. The molecule has 4 rings (SSSR count). The van der Waals surface area contributed by atoms with E-state index in [4.69, 9.17) is 4.74 Å². The van der Waals surface area contributed by atoms with Gasteiger partial charge >= 0.3 is 6.09 Å². The quantitative estimate of drug-likeness (QED) is 0.730. The number of carbonyl (C=O) groups excluding carboxylic acids is 1. The summed E-state index contributed by atoms with van der Waals surface area (Å²) in [7, 11) is 0. The largest absolute Gasteiger partial charge is 0.444 e. The molecule has 2 saturated carbocycles. The molecule has 1 heterocycles. The molecule has 2 aliphatic carbocycles. The zero-order valence-corrected chi connectivity index (χ0v) is 17.1. The second-order valence-corrected chi connectivity index (χ2v) is 9.91. The van der Waals surface area contributed by atoms with Gasteiger partial charge in [0.25, 0.3) is 0 Å². The van der Waals surface area contributed by atoms with Gasteiger partial charge in [-0.3, -0.25) is 0 Å². The van der Waals surface area contributed by atoms with Crippen LogP contribution in [0.15, 0.2) is 30.3 Å². The molecule has 1 amide bonds. The second-order valence-electron chi connectivity index (χ2n) is 9.91. The molecule has 0 aromatic heterocycles. The molecule has 1 aromatic carbocycles. The first-order valence-electron chi connectivity index (χ1n) is 10.6. The summed E-state index contributed by atoms with van der Waals surface area (Å²) in [5, 5.41) is 0. The number of carbonyl (C=O) groups is 1. The predicted molar refractivity (Wildman–Crippen MR) is 108 cm³/mol. The Morgan fingerprint density at radius 2 is 1.85 bits per heavy atom. The van der Waals surface area contributed by atoms with Gasteiger partial charge in [0.15, 0.2) is 0 Å². The SMILES string of the molecule is CC(C)(C)OC(=O)N(CC1(CN2CCCC2)CC1)[C@H]1C[C@@H]1c1ccccc1. The zero-order chi connectivity index (χ0) is 19.1. The molecule has 0 radical (unpaired) electrons. The van der Waals surface area contributed by atoms with Gasteiger partial charge in [-0.15, -0.1) is 0 Å². The highest BCUT2D eigenvalue weighted by atomic mass is 16.6. The van der Waals surface area contributed by atoms with Gasteiger partial charge in [-0.1, -0.05) is 30.3 Å². The van der Waals surface area contributed by atoms with Crippen molar-refractivity contribution in [3.63, 3.8) is 0 Å². The van der Waals surface area contributed by atoms with E-state index >= 15 is 0 Å². The summed E-state index contributed by atoms with van der Waals surface area (Å²) in [6.07, 6.45) is 6.06. The summed E-state index contributed by atoms with van der Waals surface area (Å²) in [5.74, 6) is 0.460. The molecule has 2 atom stereocenters. The summed E-state index contributed by atoms with van der Waals surface area (Å²) < 4.78 is 5.80. The van der Waals surface area contributed by atoms with E-state index in [0.717, 1.165) is 19.5 Å². The van der Waals surface area contributed by atoms with Crippen molar-refractivity contribution in [2.45, 2.75) is 70.4 Å². The Balaban J connectivity index is 1.46. The Bertz CT molecular complexity index is 657. The number of benzene rings is 1. The van der Waals surface area contributed by atoms with E-state index in [1.165, 1.54) is 44.3 Å². The minimum Gasteiger partial charge on any atom is -0.444 e. The fourth-order valence-electron chi connectivity index (χ4n) is 4.54. The summed E-state index contributed by atoms with van der Waals surface area (Å²) in [4.78, 5) is 17.7. The molecule has 4 heteroatoms. The van der Waals surface area contributed by atoms with E-state index < -0.39 is 5.60 Å². The van der Waals surface area contributed by atoms with Gasteiger partial charge in [-0.05, 0) is 71.5 Å². The molecule has 27 heavy (non-hydrogen) atoms. The predicted octanol–water partition coefficient (Wildman–Crippen LogP) is 4.66. The Labute approximate surface area is 163 Å². The number of nitrogens with zero attached hydrogens (tertiary/aromatic N) is 2. The fourth-order valence-corrected chi connectivity index (χ4v) is 4.54. The smallest absolute Gasteiger partial charge is 0.410 e. The van der Waals surface area contributed by atoms with Crippen LogP contribution in [-0.4, -0.2) is 53.7 Å². The molecule has 1 aromatic rings. The van der Waals surface area contributed by atoms with Crippen LogP contribution in [0.3, 0.4) is 0 Å². The highest BCUT2D eigenvalue weighted by molar-refractivity contribution is 5.69. The standard InChI is InChI=1S/C23H34N2O2/c1-22(2,3)27-21(26)25(20-15-19(20)18-9-5-4-6-10-18)17-23(11-12-23)16-24-13-7-8-14-24/h4-6,9-10,19-20H,7-8,11-17H2,1-3H3/t19-,20+/m1/s1. The number of hydrogen-bond donors (Lipinski definition) is 0. The van der Waals surface area contributed by atoms with E-state index in [1.807, 2.05) is 20.8 Å². The van der Waals surface area contributed by atoms with Gasteiger partial charge in [0.05, 0.1) is 0 Å². The molecule has 0 spiro atoms. The lowest BCUT2D eigenvalue weighted by molar-refractivity contribution is 0.0174. The van der Waals surface area contributed by atoms with Crippen LogP contribution in [0.2, 0.25) is 0 Å². The second kappa shape index (κ2) is 7.12. The maximum absolute atomic E-state index is 13.0. The topological polar surface area (TPSA) is 32.8 Å². The van der Waals surface area contributed by atoms with E-state index in [9.17, 15) is 4.79 Å². The van der Waals surface area contributed by atoms with Crippen LogP contribution >= 0.6 is 0 Å². The fraction of sp³-hybridized carbons (Fsp3) is 0.696. The summed E-state index contributed by atoms with van der Waals surface area (Å²) in [6, 6.07) is 10.9. The lowest BCUT2D eigenvalue weighted by atomic mass is 10.1. The Morgan fingerprint density at radius 3 is 2.44 bits per heavy atom. The zero-order valence-electron chi connectivity index (χ0n) is 17.1. The van der Waals surface area contributed by atoms with Crippen molar-refractivity contribution in [3.8, 4) is 0 Å². The molecule has 0 unspecified atom stereocenters. The van der Waals surface area contributed by atoms with Crippen LogP contribution in [-0.2, 0) is 4.74 Å². The van der Waals surface area contributed by atoms with Gasteiger partial charge < -0.3 is 14.5 Å². The minimum atomic E-state index is -0.446. The molecule has 148 valence electrons. The first-order valence-corrected chi connectivity index (χ1v) is 10.6. The van der Waals surface area contributed by atoms with Gasteiger partial charge in [-0.25, -0.2) is 4.79 Å². The van der Waals surface area contributed by atoms with E-state index in [0.29, 0.717) is 17.4 Å². The summed E-state index contributed by atoms with van der Waals surface area (Å²) >= 11 is 0. The average molecular weight is 371 g/mol. The van der Waals surface area contributed by atoms with Gasteiger partial charge in [-0.2, -0.15) is 0 Å². The highest BCUT2D eigenvalue weighted by Crippen LogP contribution is 2.51. The van der Waals surface area contributed by atoms with E-state index in [1.54, 1.807) is 0 Å². The van der Waals surface area contributed by atoms with Crippen LogP contribution < -0.4 is 0 Å². The van der Waals surface area contributed by atoms with Crippen LogP contribution in [0.25, 0.3) is 0 Å². The minimum absolute atomic E-state index is 0.126. The molecule has 0 N–H and O–H groups in total. The Morgan fingerprint density at radius 1 is 1.19 bits per heavy atom. The van der Waals surface area contributed by atoms with Crippen LogP contribution in [0, 0.1) is 5.41 Å². The van der Waals surface area contributed by atoms with Gasteiger partial charge in [0.1, 0.15) is 5.60 Å². The van der Waals surface area contributed by atoms with Crippen LogP contribution in [0.1, 0.15) is 64.4 Å². The Hall–Kier alpha value is -1.55. The Kier molecular flexibility index (Phi) is 4.96. The normalized spacial score (nSPS) is 26.6. The van der Waals surface area contributed by atoms with Crippen LogP contribution in [0.4, 0.5) is 4.79 Å². The van der Waals surface area contributed by atoms with Gasteiger partial charge in [0, 0.05) is 30.5 Å². The number of likely N-dealkylation sites (tertiary alicyclic amines) is 1. The number of ether oxygens (including phenoxy) is 1. The third-order valence-electron chi connectivity index (χ3n) is 6.23. The van der Waals surface area contributed by atoms with E-state index in [-0.39, 0.29) is 6.09 Å². The third-order valence-corrected chi connectivity index (χ3v) is 6.23. The number of hydrogen-bond acceptors (Lipinski definition) is 3. The van der Waals surface area contributed by atoms with Gasteiger partial charge in [0.2, 0.25) is 0 Å². The lowest BCUT2D eigenvalue weighted by Crippen LogP contribution is -2.44. The first kappa shape index (κ1) is 18.8. The molecule has 3 fully saturated rings. The summed E-state index contributed by atoms with van der Waals surface area (Å²) in [6.45, 7) is 10.3. The number of rotatable bonds is 6. The van der Waals surface area contributed by atoms with Crippen molar-refractivity contribution in [3.05, 3.63) is 35.9 Å².